The average Bonchev–Trinajstić information content (AvgIpc) is 2.23. The van der Waals surface area contributed by atoms with E-state index in [1.54, 1.807) is 0 Å². The van der Waals surface area contributed by atoms with Crippen molar-refractivity contribution in [1.29, 1.82) is 0 Å². The summed E-state index contributed by atoms with van der Waals surface area (Å²) in [5.74, 6) is 0. The Morgan fingerprint density at radius 3 is 3.14 bits per heavy atom. The van der Waals surface area contributed by atoms with Crippen LogP contribution in [0.3, 0.4) is 0 Å². The molecule has 0 aromatic heterocycles. The molecule has 0 aliphatic carbocycles. The number of hydroxylamine groups is 1. The third-order valence-electron chi connectivity index (χ3n) is 2.24. The molecule has 4 heteroatoms. The Morgan fingerprint density at radius 2 is 2.36 bits per heavy atom. The molecule has 0 amide bonds. The van der Waals surface area contributed by atoms with Crippen LogP contribution in [0.4, 0.5) is 5.69 Å². The Kier molecular flexibility index (Phi) is 2.67. The molecule has 0 bridgehead atoms. The smallest absolute Gasteiger partial charge is 0.137 e. The quantitative estimate of drug-likeness (QED) is 0.774. The number of hydrogen-bond acceptors (Lipinski definition) is 4. The third-order valence-corrected chi connectivity index (χ3v) is 2.24. The number of benzene rings is 1. The fraction of sp³-hybridized carbons (Fsp3) is 0.400. The molecule has 1 aromatic rings. The summed E-state index contributed by atoms with van der Waals surface area (Å²) in [6, 6.07) is 7.49. The maximum atomic E-state index is 11.4. The van der Waals surface area contributed by atoms with Crippen molar-refractivity contribution < 1.29 is 4.74 Å². The lowest BCUT2D eigenvalue weighted by Gasteiger charge is -2.40. The predicted octanol–water partition coefficient (Wildman–Crippen LogP) is 1.59. The molecule has 1 heterocycles. The van der Waals surface area contributed by atoms with E-state index in [2.05, 4.69) is 5.32 Å². The molecule has 2 rings (SSSR count). The minimum absolute atomic E-state index is 0.151. The van der Waals surface area contributed by atoms with Gasteiger partial charge in [-0.05, 0) is 13.0 Å². The molecule has 0 saturated heterocycles. The number of anilines is 1. The highest BCUT2D eigenvalue weighted by Gasteiger charge is 2.19. The van der Waals surface area contributed by atoms with Gasteiger partial charge in [-0.1, -0.05) is 18.2 Å². The lowest BCUT2D eigenvalue weighted by molar-refractivity contribution is 0.0348. The van der Waals surface area contributed by atoms with Crippen LogP contribution in [0.1, 0.15) is 18.7 Å². The molecule has 1 unspecified atom stereocenters. The number of fused-ring (bicyclic) bond motifs is 1. The summed E-state index contributed by atoms with van der Waals surface area (Å²) in [7, 11) is 0. The monoisotopic (exact) mass is 193 g/mol. The second-order valence-electron chi connectivity index (χ2n) is 3.13. The van der Waals surface area contributed by atoms with E-state index in [4.69, 9.17) is 4.74 Å². The molecule has 1 atom stereocenters. The van der Waals surface area contributed by atoms with Crippen molar-refractivity contribution in [2.45, 2.75) is 13.2 Å². The molecule has 0 fully saturated rings. The zero-order valence-corrected chi connectivity index (χ0v) is 8.06. The van der Waals surface area contributed by atoms with Gasteiger partial charge in [-0.25, -0.2) is 0 Å². The lowest BCUT2D eigenvalue weighted by Crippen LogP contribution is -2.39. The Morgan fingerprint density at radius 1 is 1.57 bits per heavy atom. The summed E-state index contributed by atoms with van der Waals surface area (Å²) >= 11 is 0. The van der Waals surface area contributed by atoms with Crippen molar-refractivity contribution in [3.63, 3.8) is 0 Å². The number of rotatable bonds is 2. The number of nitrogens with one attached hydrogen (secondary N) is 1. The van der Waals surface area contributed by atoms with Crippen LogP contribution in [0, 0.1) is 5.21 Å². The van der Waals surface area contributed by atoms with E-state index in [1.807, 2.05) is 31.2 Å². The van der Waals surface area contributed by atoms with Gasteiger partial charge in [-0.3, -0.25) is 5.32 Å². The molecular weight excluding hydrogens is 180 g/mol. The van der Waals surface area contributed by atoms with Crippen LogP contribution in [0.5, 0.6) is 0 Å². The van der Waals surface area contributed by atoms with Crippen molar-refractivity contribution in [1.82, 2.24) is 5.32 Å². The van der Waals surface area contributed by atoms with Gasteiger partial charge in [0, 0.05) is 17.9 Å². The summed E-state index contributed by atoms with van der Waals surface area (Å²) in [5.41, 5.74) is 1.61. The van der Waals surface area contributed by atoms with Crippen LogP contribution in [0.2, 0.25) is 0 Å². The number of hydrogen-bond donors (Lipinski definition) is 1. The van der Waals surface area contributed by atoms with Crippen LogP contribution in [-0.2, 0) is 4.74 Å². The van der Waals surface area contributed by atoms with Crippen LogP contribution in [0.25, 0.3) is 0 Å². The minimum atomic E-state index is -0.151. The SMILES string of the molecule is CCOC1NCN([O-])c2ccccc21. The van der Waals surface area contributed by atoms with Crippen LogP contribution in [0.15, 0.2) is 24.3 Å². The molecule has 1 aliphatic heterocycles. The average molecular weight is 193 g/mol. The molecule has 0 radical (unpaired) electrons. The third kappa shape index (κ3) is 1.59. The van der Waals surface area contributed by atoms with Crippen LogP contribution in [-0.4, -0.2) is 13.3 Å². The van der Waals surface area contributed by atoms with Crippen LogP contribution >= 0.6 is 0 Å². The molecule has 1 aromatic carbocycles. The van der Waals surface area contributed by atoms with Gasteiger partial charge in [0.05, 0.1) is 6.67 Å². The van der Waals surface area contributed by atoms with Crippen molar-refractivity contribution in [3.05, 3.63) is 35.0 Å². The van der Waals surface area contributed by atoms with E-state index in [0.29, 0.717) is 12.3 Å². The predicted molar refractivity (Wildman–Crippen MR) is 54.7 cm³/mol. The molecule has 4 nitrogen and oxygen atoms in total. The minimum Gasteiger partial charge on any atom is -0.757 e. The normalized spacial score (nSPS) is 20.7. The van der Waals surface area contributed by atoms with Gasteiger partial charge in [-0.2, -0.15) is 0 Å². The van der Waals surface area contributed by atoms with E-state index in [0.717, 1.165) is 10.6 Å². The van der Waals surface area contributed by atoms with Gasteiger partial charge < -0.3 is 15.0 Å². The van der Waals surface area contributed by atoms with Crippen molar-refractivity contribution in [2.75, 3.05) is 18.3 Å². The van der Waals surface area contributed by atoms with Gasteiger partial charge in [0.2, 0.25) is 0 Å². The van der Waals surface area contributed by atoms with E-state index in [9.17, 15) is 5.21 Å². The first-order valence-corrected chi connectivity index (χ1v) is 4.71. The van der Waals surface area contributed by atoms with E-state index in [-0.39, 0.29) is 12.9 Å². The Hall–Kier alpha value is -1.10. The topological polar surface area (TPSA) is 47.6 Å². The number of para-hydroxylation sites is 1. The second-order valence-corrected chi connectivity index (χ2v) is 3.13. The fourth-order valence-corrected chi connectivity index (χ4v) is 1.61. The largest absolute Gasteiger partial charge is 0.757 e. The molecule has 0 saturated carbocycles. The fourth-order valence-electron chi connectivity index (χ4n) is 1.61. The van der Waals surface area contributed by atoms with E-state index < -0.39 is 0 Å². The van der Waals surface area contributed by atoms with Gasteiger partial charge in [0.25, 0.3) is 0 Å². The van der Waals surface area contributed by atoms with Crippen molar-refractivity contribution >= 4 is 5.69 Å². The Balaban J connectivity index is 2.31. The maximum Gasteiger partial charge on any atom is 0.137 e. The Bertz CT molecular complexity index is 317. The number of ether oxygens (including phenoxy) is 1. The summed E-state index contributed by atoms with van der Waals surface area (Å²) in [4.78, 5) is 0. The first kappa shape index (κ1) is 9.45. The van der Waals surface area contributed by atoms with E-state index >= 15 is 0 Å². The zero-order chi connectivity index (χ0) is 9.97. The Labute approximate surface area is 83.1 Å². The van der Waals surface area contributed by atoms with Crippen molar-refractivity contribution in [3.8, 4) is 0 Å². The molecular formula is C10H13N2O2-. The highest BCUT2D eigenvalue weighted by atomic mass is 16.5. The summed E-state index contributed by atoms with van der Waals surface area (Å²) in [5, 5.41) is 15.4. The molecule has 0 spiro atoms. The standard InChI is InChI=1S/C10H13N2O2/c1-2-14-10-8-5-3-4-6-9(8)12(13)7-11-10/h3-6,10-11H,2,7H2,1H3/q-1. The zero-order valence-electron chi connectivity index (χ0n) is 8.06. The number of nitrogens with zero attached hydrogens (tertiary/aromatic N) is 1. The molecule has 1 aliphatic rings. The highest BCUT2D eigenvalue weighted by molar-refractivity contribution is 5.56. The summed E-state index contributed by atoms with van der Waals surface area (Å²) < 4.78 is 5.48. The van der Waals surface area contributed by atoms with Gasteiger partial charge in [0.15, 0.2) is 0 Å². The second kappa shape index (κ2) is 3.96. The lowest BCUT2D eigenvalue weighted by atomic mass is 10.1. The highest BCUT2D eigenvalue weighted by Crippen LogP contribution is 2.29. The first-order chi connectivity index (χ1) is 6.83. The van der Waals surface area contributed by atoms with Gasteiger partial charge in [-0.15, -0.1) is 0 Å². The molecule has 1 N–H and O–H groups in total. The molecule has 76 valence electrons. The molecule has 14 heavy (non-hydrogen) atoms. The van der Waals surface area contributed by atoms with E-state index in [1.165, 1.54) is 0 Å². The van der Waals surface area contributed by atoms with Gasteiger partial charge >= 0.3 is 0 Å². The van der Waals surface area contributed by atoms with Crippen LogP contribution < -0.4 is 10.4 Å². The maximum absolute atomic E-state index is 11.4. The van der Waals surface area contributed by atoms with Gasteiger partial charge in [0.1, 0.15) is 6.23 Å². The van der Waals surface area contributed by atoms with Crippen molar-refractivity contribution in [2.24, 2.45) is 0 Å². The first-order valence-electron chi connectivity index (χ1n) is 4.71. The summed E-state index contributed by atoms with van der Waals surface area (Å²) in [6.45, 7) is 2.85. The summed E-state index contributed by atoms with van der Waals surface area (Å²) in [6.07, 6.45) is -0.151.